The average Bonchev–Trinajstić information content (AvgIpc) is 2.86. The summed E-state index contributed by atoms with van der Waals surface area (Å²) in [5.74, 6) is -0.803. The molecule has 0 saturated carbocycles. The quantitative estimate of drug-likeness (QED) is 0.377. The van der Waals surface area contributed by atoms with Crippen molar-refractivity contribution in [2.45, 2.75) is 39.8 Å². The lowest BCUT2D eigenvalue weighted by Gasteiger charge is -2.33. The van der Waals surface area contributed by atoms with E-state index in [0.717, 1.165) is 32.8 Å². The number of amides is 2. The molecule has 0 spiro atoms. The molecule has 202 valence electrons. The summed E-state index contributed by atoms with van der Waals surface area (Å²) >= 11 is 6.28. The molecule has 2 amide bonds. The van der Waals surface area contributed by atoms with Crippen LogP contribution in [0.2, 0.25) is 5.02 Å². The maximum absolute atomic E-state index is 14.0. The molecule has 1 N–H and O–H groups in total. The second-order valence-electron chi connectivity index (χ2n) is 9.31. The molecule has 0 unspecified atom stereocenters. The highest BCUT2D eigenvalue weighted by Crippen LogP contribution is 2.25. The lowest BCUT2D eigenvalue weighted by Crippen LogP contribution is -2.53. The predicted octanol–water partition coefficient (Wildman–Crippen LogP) is 4.50. The van der Waals surface area contributed by atoms with Crippen molar-refractivity contribution in [3.63, 3.8) is 0 Å². The molecule has 0 heterocycles. The number of halogens is 1. The number of aryl methyl sites for hydroxylation is 2. The Morgan fingerprint density at radius 3 is 2.24 bits per heavy atom. The monoisotopic (exact) mass is 555 g/mol. The number of nitrogens with one attached hydrogen (secondary N) is 1. The van der Waals surface area contributed by atoms with Crippen molar-refractivity contribution in [3.8, 4) is 0 Å². The van der Waals surface area contributed by atoms with Gasteiger partial charge in [0.15, 0.2) is 0 Å². The van der Waals surface area contributed by atoms with Crippen molar-refractivity contribution in [1.29, 1.82) is 0 Å². The van der Waals surface area contributed by atoms with Gasteiger partial charge in [-0.1, -0.05) is 77.8 Å². The van der Waals surface area contributed by atoms with Crippen LogP contribution in [0.1, 0.15) is 29.2 Å². The Labute approximate surface area is 230 Å². The number of anilines is 1. The number of nitrogens with zero attached hydrogens (tertiary/aromatic N) is 2. The SMILES string of the molecule is CCNC(=O)[C@H](Cc1ccccc1)N(Cc1cccc(C)c1)C(=O)CN(c1ccc(C)c(Cl)c1)S(C)(=O)=O. The van der Waals surface area contributed by atoms with E-state index in [-0.39, 0.29) is 24.6 Å². The summed E-state index contributed by atoms with van der Waals surface area (Å²) in [6.07, 6.45) is 1.32. The average molecular weight is 556 g/mol. The highest BCUT2D eigenvalue weighted by atomic mass is 35.5. The molecule has 7 nitrogen and oxygen atoms in total. The number of likely N-dealkylation sites (N-methyl/N-ethyl adjacent to an activating group) is 1. The zero-order valence-corrected chi connectivity index (χ0v) is 23.7. The molecule has 3 rings (SSSR count). The first kappa shape index (κ1) is 29.2. The third-order valence-corrected chi connectivity index (χ3v) is 7.73. The smallest absolute Gasteiger partial charge is 0.244 e. The van der Waals surface area contributed by atoms with Crippen molar-refractivity contribution in [1.82, 2.24) is 10.2 Å². The van der Waals surface area contributed by atoms with E-state index >= 15 is 0 Å². The Kier molecular flexibility index (Phi) is 9.94. The fourth-order valence-corrected chi connectivity index (χ4v) is 5.22. The third kappa shape index (κ3) is 7.82. The van der Waals surface area contributed by atoms with Crippen molar-refractivity contribution in [2.24, 2.45) is 0 Å². The molecule has 0 radical (unpaired) electrons. The van der Waals surface area contributed by atoms with Crippen molar-refractivity contribution in [3.05, 3.63) is 100 Å². The molecule has 0 aliphatic carbocycles. The fourth-order valence-electron chi connectivity index (χ4n) is 4.20. The Morgan fingerprint density at radius 1 is 0.947 bits per heavy atom. The summed E-state index contributed by atoms with van der Waals surface area (Å²) in [6, 6.07) is 21.1. The van der Waals surface area contributed by atoms with Crippen molar-refractivity contribution in [2.75, 3.05) is 23.7 Å². The van der Waals surface area contributed by atoms with Crippen LogP contribution in [0.15, 0.2) is 72.8 Å². The number of benzene rings is 3. The first-order valence-corrected chi connectivity index (χ1v) is 14.6. The summed E-state index contributed by atoms with van der Waals surface area (Å²) < 4.78 is 26.7. The second-order valence-corrected chi connectivity index (χ2v) is 11.6. The molecule has 0 fully saturated rings. The minimum atomic E-state index is -3.84. The molecule has 38 heavy (non-hydrogen) atoms. The van der Waals surface area contributed by atoms with E-state index in [1.165, 1.54) is 11.0 Å². The van der Waals surface area contributed by atoms with Gasteiger partial charge in [-0.25, -0.2) is 8.42 Å². The molecule has 0 aliphatic rings. The minimum Gasteiger partial charge on any atom is -0.355 e. The van der Waals surface area contributed by atoms with Crippen molar-refractivity contribution >= 4 is 39.1 Å². The van der Waals surface area contributed by atoms with Gasteiger partial charge >= 0.3 is 0 Å². The standard InChI is InChI=1S/C29H34ClN3O4S/c1-5-31-29(35)27(17-23-11-7-6-8-12-23)32(19-24-13-9-10-21(2)16-24)28(34)20-33(38(4,36)37)25-15-14-22(3)26(30)18-25/h6-16,18,27H,5,17,19-20H2,1-4H3,(H,31,35)/t27-/m0/s1. The van der Waals surface area contributed by atoms with Gasteiger partial charge in [-0.15, -0.1) is 0 Å². The van der Waals surface area contributed by atoms with Crippen LogP contribution in [0.25, 0.3) is 0 Å². The van der Waals surface area contributed by atoms with Crippen LogP contribution in [0.5, 0.6) is 0 Å². The van der Waals surface area contributed by atoms with Crippen LogP contribution in [-0.4, -0.2) is 50.5 Å². The highest BCUT2D eigenvalue weighted by Gasteiger charge is 2.33. The molecule has 0 aromatic heterocycles. The molecule has 1 atom stereocenters. The van der Waals surface area contributed by atoms with E-state index in [9.17, 15) is 18.0 Å². The van der Waals surface area contributed by atoms with Gasteiger partial charge < -0.3 is 10.2 Å². The Bertz CT molecular complexity index is 1380. The van der Waals surface area contributed by atoms with E-state index in [0.29, 0.717) is 11.6 Å². The number of hydrogen-bond acceptors (Lipinski definition) is 4. The molecule has 3 aromatic rings. The maximum Gasteiger partial charge on any atom is 0.244 e. The van der Waals surface area contributed by atoms with Gasteiger partial charge in [0.25, 0.3) is 0 Å². The largest absolute Gasteiger partial charge is 0.355 e. The summed E-state index contributed by atoms with van der Waals surface area (Å²) in [5.41, 5.74) is 3.81. The normalized spacial score (nSPS) is 12.0. The number of rotatable bonds is 11. The Balaban J connectivity index is 2.05. The van der Waals surface area contributed by atoms with Crippen LogP contribution < -0.4 is 9.62 Å². The zero-order valence-electron chi connectivity index (χ0n) is 22.1. The van der Waals surface area contributed by atoms with E-state index in [2.05, 4.69) is 5.32 Å². The number of carbonyl (C=O) groups is 2. The molecule has 0 bridgehead atoms. The van der Waals surface area contributed by atoms with Gasteiger partial charge in [0.1, 0.15) is 12.6 Å². The van der Waals surface area contributed by atoms with Gasteiger partial charge in [-0.2, -0.15) is 0 Å². The lowest BCUT2D eigenvalue weighted by atomic mass is 10.0. The van der Waals surface area contributed by atoms with E-state index in [4.69, 9.17) is 11.6 Å². The van der Waals surface area contributed by atoms with Crippen LogP contribution in [0, 0.1) is 13.8 Å². The van der Waals surface area contributed by atoms with E-state index in [1.807, 2.05) is 75.4 Å². The summed E-state index contributed by atoms with van der Waals surface area (Å²) in [5, 5.41) is 3.24. The minimum absolute atomic E-state index is 0.140. The van der Waals surface area contributed by atoms with Crippen LogP contribution in [0.3, 0.4) is 0 Å². The maximum atomic E-state index is 14.0. The molecular weight excluding hydrogens is 522 g/mol. The molecule has 9 heteroatoms. The summed E-state index contributed by atoms with van der Waals surface area (Å²) in [4.78, 5) is 28.8. The third-order valence-electron chi connectivity index (χ3n) is 6.18. The second kappa shape index (κ2) is 12.9. The van der Waals surface area contributed by atoms with Gasteiger partial charge in [0.05, 0.1) is 11.9 Å². The van der Waals surface area contributed by atoms with Gasteiger partial charge in [0, 0.05) is 24.5 Å². The topological polar surface area (TPSA) is 86.8 Å². The Hall–Kier alpha value is -3.36. The highest BCUT2D eigenvalue weighted by molar-refractivity contribution is 7.92. The molecule has 0 aliphatic heterocycles. The Morgan fingerprint density at radius 2 is 1.63 bits per heavy atom. The van der Waals surface area contributed by atoms with Gasteiger partial charge in [-0.05, 0) is 49.6 Å². The van der Waals surface area contributed by atoms with E-state index in [1.54, 1.807) is 12.1 Å². The molecular formula is C29H34ClN3O4S. The van der Waals surface area contributed by atoms with Gasteiger partial charge in [-0.3, -0.25) is 13.9 Å². The zero-order chi connectivity index (χ0) is 27.9. The van der Waals surface area contributed by atoms with Crippen LogP contribution >= 0.6 is 11.6 Å². The van der Waals surface area contributed by atoms with Crippen LogP contribution in [0.4, 0.5) is 5.69 Å². The first-order valence-electron chi connectivity index (χ1n) is 12.4. The van der Waals surface area contributed by atoms with Gasteiger partial charge in [0.2, 0.25) is 21.8 Å². The lowest BCUT2D eigenvalue weighted by molar-refractivity contribution is -0.140. The fraction of sp³-hybridized carbons (Fsp3) is 0.310. The number of sulfonamides is 1. The predicted molar refractivity (Wildman–Crippen MR) is 153 cm³/mol. The van der Waals surface area contributed by atoms with Crippen molar-refractivity contribution < 1.29 is 18.0 Å². The molecule has 3 aromatic carbocycles. The summed E-state index contributed by atoms with van der Waals surface area (Å²) in [7, 11) is -3.84. The first-order chi connectivity index (χ1) is 18.0. The summed E-state index contributed by atoms with van der Waals surface area (Å²) in [6.45, 7) is 5.64. The van der Waals surface area contributed by atoms with E-state index < -0.39 is 28.5 Å². The number of carbonyl (C=O) groups excluding carboxylic acids is 2. The molecule has 0 saturated heterocycles. The van der Waals surface area contributed by atoms with Crippen LogP contribution in [-0.2, 0) is 32.6 Å². The number of hydrogen-bond donors (Lipinski definition) is 1.